The van der Waals surface area contributed by atoms with Crippen LogP contribution >= 0.6 is 27.5 Å². The summed E-state index contributed by atoms with van der Waals surface area (Å²) in [7, 11) is 0. The van der Waals surface area contributed by atoms with Crippen LogP contribution in [0.2, 0.25) is 5.02 Å². The first kappa shape index (κ1) is 23.9. The molecule has 176 valence electrons. The van der Waals surface area contributed by atoms with Gasteiger partial charge >= 0.3 is 6.09 Å². The molecule has 1 fully saturated rings. The summed E-state index contributed by atoms with van der Waals surface area (Å²) in [5, 5.41) is 14.9. The van der Waals surface area contributed by atoms with Crippen LogP contribution in [0.5, 0.6) is 11.5 Å². The Labute approximate surface area is 209 Å². The SMILES string of the molecule is N#CC1(NC(=O)O[C@H]2Cc3ccc(c(Cl)c3)OC/C=C/COc3ccc(Br)cc3C(=O)N2)CC1. The molecule has 1 atom stereocenters. The molecule has 2 bridgehead atoms. The standard InChI is InChI=1S/C24H21BrClN3O5/c25-16-4-6-19-17(13-16)22(30)28-21(34-23(31)29-24(14-27)7-8-24)12-15-3-5-20(18(26)11-15)33-10-2-1-9-32-19/h1-6,11,13,21H,7-10,12H2,(H,28,30)(H,29,31)/b2-1+/t21-/m0/s1. The maximum absolute atomic E-state index is 13.2. The topological polar surface area (TPSA) is 110 Å². The number of fused-ring (bicyclic) bond motifs is 9. The Bertz CT molecular complexity index is 1180. The molecule has 2 N–H and O–H groups in total. The fourth-order valence-corrected chi connectivity index (χ4v) is 3.93. The molecular formula is C24H21BrClN3O5. The van der Waals surface area contributed by atoms with E-state index in [1.807, 2.05) is 0 Å². The summed E-state index contributed by atoms with van der Waals surface area (Å²) in [6.45, 7) is 0.513. The van der Waals surface area contributed by atoms with Crippen LogP contribution in [0, 0.1) is 11.3 Å². The Balaban J connectivity index is 1.62. The number of nitrogens with zero attached hydrogens (tertiary/aromatic N) is 1. The van der Waals surface area contributed by atoms with Gasteiger partial charge in [0.15, 0.2) is 6.23 Å². The van der Waals surface area contributed by atoms with Gasteiger partial charge in [0.25, 0.3) is 5.91 Å². The van der Waals surface area contributed by atoms with Crippen molar-refractivity contribution in [3.8, 4) is 17.6 Å². The first-order valence-electron chi connectivity index (χ1n) is 10.6. The fraction of sp³-hybridized carbons (Fsp3) is 0.292. The highest BCUT2D eigenvalue weighted by Crippen LogP contribution is 2.34. The first-order chi connectivity index (χ1) is 16.4. The number of carbonyl (C=O) groups is 2. The van der Waals surface area contributed by atoms with Crippen molar-refractivity contribution in [3.05, 3.63) is 69.2 Å². The number of nitrogens with one attached hydrogen (secondary N) is 2. The van der Waals surface area contributed by atoms with Crippen molar-refractivity contribution >= 4 is 39.5 Å². The van der Waals surface area contributed by atoms with E-state index < -0.39 is 23.8 Å². The van der Waals surface area contributed by atoms with Crippen LogP contribution < -0.4 is 20.1 Å². The smallest absolute Gasteiger partial charge is 0.410 e. The van der Waals surface area contributed by atoms with E-state index in [1.165, 1.54) is 0 Å². The van der Waals surface area contributed by atoms with E-state index in [4.69, 9.17) is 25.8 Å². The number of rotatable bonds is 2. The lowest BCUT2D eigenvalue weighted by atomic mass is 10.1. The molecular weight excluding hydrogens is 526 g/mol. The van der Waals surface area contributed by atoms with Gasteiger partial charge in [0.2, 0.25) is 0 Å². The third kappa shape index (κ3) is 6.01. The molecule has 0 saturated heterocycles. The van der Waals surface area contributed by atoms with Gasteiger partial charge in [-0.2, -0.15) is 5.26 Å². The normalized spacial score (nSPS) is 19.9. The van der Waals surface area contributed by atoms with Gasteiger partial charge in [0.05, 0.1) is 16.7 Å². The van der Waals surface area contributed by atoms with Gasteiger partial charge in [-0.05, 0) is 60.9 Å². The number of halogens is 2. The van der Waals surface area contributed by atoms with Crippen LogP contribution in [-0.2, 0) is 11.2 Å². The van der Waals surface area contributed by atoms with Gasteiger partial charge in [-0.1, -0.05) is 33.6 Å². The lowest BCUT2D eigenvalue weighted by Crippen LogP contribution is -2.45. The molecule has 2 aromatic rings. The maximum Gasteiger partial charge on any atom is 0.410 e. The number of benzene rings is 2. The molecule has 0 unspecified atom stereocenters. The van der Waals surface area contributed by atoms with Crippen molar-refractivity contribution in [2.45, 2.75) is 31.0 Å². The summed E-state index contributed by atoms with van der Waals surface area (Å²) >= 11 is 9.73. The van der Waals surface area contributed by atoms with Gasteiger partial charge in [-0.3, -0.25) is 4.79 Å². The minimum atomic E-state index is -1.04. The van der Waals surface area contributed by atoms with E-state index in [9.17, 15) is 14.9 Å². The lowest BCUT2D eigenvalue weighted by molar-refractivity contribution is 0.0622. The third-order valence-electron chi connectivity index (χ3n) is 5.29. The predicted octanol–water partition coefficient (Wildman–Crippen LogP) is 4.51. The summed E-state index contributed by atoms with van der Waals surface area (Å²) in [6.07, 6.45) is 3.00. The fourth-order valence-electron chi connectivity index (χ4n) is 3.31. The minimum absolute atomic E-state index is 0.142. The van der Waals surface area contributed by atoms with E-state index >= 15 is 0 Å². The monoisotopic (exact) mass is 545 g/mol. The molecule has 1 aliphatic carbocycles. The van der Waals surface area contributed by atoms with Gasteiger partial charge in [-0.15, -0.1) is 0 Å². The molecule has 3 aliphatic rings. The van der Waals surface area contributed by atoms with Crippen LogP contribution in [0.1, 0.15) is 28.8 Å². The van der Waals surface area contributed by atoms with Crippen molar-refractivity contribution in [2.75, 3.05) is 13.2 Å². The number of hydrogen-bond acceptors (Lipinski definition) is 6. The highest BCUT2D eigenvalue weighted by atomic mass is 79.9. The molecule has 5 rings (SSSR count). The van der Waals surface area contributed by atoms with Crippen LogP contribution in [0.4, 0.5) is 4.79 Å². The van der Waals surface area contributed by atoms with E-state index in [2.05, 4.69) is 32.6 Å². The molecule has 34 heavy (non-hydrogen) atoms. The van der Waals surface area contributed by atoms with Crippen molar-refractivity contribution < 1.29 is 23.8 Å². The average molecular weight is 547 g/mol. The molecule has 0 radical (unpaired) electrons. The van der Waals surface area contributed by atoms with E-state index in [0.29, 0.717) is 46.0 Å². The van der Waals surface area contributed by atoms with Crippen molar-refractivity contribution in [2.24, 2.45) is 0 Å². The number of amides is 2. The van der Waals surface area contributed by atoms with Gasteiger partial charge in [0.1, 0.15) is 30.3 Å². The number of nitriles is 1. The Kier molecular flexibility index (Phi) is 7.29. The second-order valence-electron chi connectivity index (χ2n) is 7.89. The lowest BCUT2D eigenvalue weighted by Gasteiger charge is -2.22. The summed E-state index contributed by atoms with van der Waals surface area (Å²) in [5.74, 6) is 0.384. The third-order valence-corrected chi connectivity index (χ3v) is 6.08. The van der Waals surface area contributed by atoms with Crippen molar-refractivity contribution in [3.63, 3.8) is 0 Å². The van der Waals surface area contributed by atoms with Crippen molar-refractivity contribution in [1.29, 1.82) is 5.26 Å². The summed E-state index contributed by atoms with van der Waals surface area (Å²) in [6, 6.07) is 12.3. The van der Waals surface area contributed by atoms with Gasteiger partial charge < -0.3 is 24.8 Å². The largest absolute Gasteiger partial charge is 0.489 e. The molecule has 0 aromatic heterocycles. The molecule has 2 aromatic carbocycles. The molecule has 10 heteroatoms. The van der Waals surface area contributed by atoms with Crippen LogP contribution in [-0.4, -0.2) is 37.0 Å². The average Bonchev–Trinajstić information content (AvgIpc) is 3.57. The first-order valence-corrected chi connectivity index (χ1v) is 11.7. The predicted molar refractivity (Wildman–Crippen MR) is 128 cm³/mol. The maximum atomic E-state index is 13.2. The molecule has 8 nitrogen and oxygen atoms in total. The molecule has 2 heterocycles. The van der Waals surface area contributed by atoms with Gasteiger partial charge in [0, 0.05) is 10.9 Å². The number of carbonyl (C=O) groups excluding carboxylic acids is 2. The van der Waals surface area contributed by atoms with Crippen LogP contribution in [0.25, 0.3) is 0 Å². The molecule has 2 aliphatic heterocycles. The quantitative estimate of drug-likeness (QED) is 0.537. The zero-order valence-corrected chi connectivity index (χ0v) is 20.3. The highest BCUT2D eigenvalue weighted by Gasteiger charge is 2.45. The minimum Gasteiger partial charge on any atom is -0.489 e. The second-order valence-corrected chi connectivity index (χ2v) is 9.21. The second kappa shape index (κ2) is 10.4. The van der Waals surface area contributed by atoms with Crippen LogP contribution in [0.3, 0.4) is 0 Å². The Morgan fingerprint density at radius 2 is 1.88 bits per heavy atom. The van der Waals surface area contributed by atoms with E-state index in [1.54, 1.807) is 48.6 Å². The van der Waals surface area contributed by atoms with E-state index in [-0.39, 0.29) is 18.6 Å². The van der Waals surface area contributed by atoms with E-state index in [0.717, 1.165) is 0 Å². The molecule has 0 spiro atoms. The number of alkyl carbamates (subject to hydrolysis) is 1. The summed E-state index contributed by atoms with van der Waals surface area (Å²) < 4.78 is 17.6. The summed E-state index contributed by atoms with van der Waals surface area (Å²) in [5.41, 5.74) is 0.0787. The number of hydrogen-bond donors (Lipinski definition) is 2. The van der Waals surface area contributed by atoms with Gasteiger partial charge in [-0.25, -0.2) is 4.79 Å². The Hall–Kier alpha value is -3.22. The Morgan fingerprint density at radius 1 is 1.18 bits per heavy atom. The molecule has 2 amide bonds. The zero-order valence-electron chi connectivity index (χ0n) is 18.0. The summed E-state index contributed by atoms with van der Waals surface area (Å²) in [4.78, 5) is 25.7. The van der Waals surface area contributed by atoms with Crippen molar-refractivity contribution in [1.82, 2.24) is 10.6 Å². The Morgan fingerprint density at radius 3 is 2.56 bits per heavy atom. The van der Waals surface area contributed by atoms with Crippen LogP contribution in [0.15, 0.2) is 53.0 Å². The number of ether oxygens (including phenoxy) is 3. The highest BCUT2D eigenvalue weighted by molar-refractivity contribution is 9.10. The zero-order chi connectivity index (χ0) is 24.1. The molecule has 1 saturated carbocycles.